The normalized spacial score (nSPS) is 11.2. The molecule has 4 aromatic rings. The van der Waals surface area contributed by atoms with E-state index in [4.69, 9.17) is 11.6 Å². The fourth-order valence-electron chi connectivity index (χ4n) is 3.03. The second-order valence-corrected chi connectivity index (χ2v) is 6.70. The molecule has 28 heavy (non-hydrogen) atoms. The van der Waals surface area contributed by atoms with Gasteiger partial charge in [0.1, 0.15) is 5.65 Å². The molecule has 0 aliphatic carbocycles. The van der Waals surface area contributed by atoms with Gasteiger partial charge in [0.05, 0.1) is 18.4 Å². The monoisotopic (exact) mass is 387 g/mol. The lowest BCUT2D eigenvalue weighted by molar-refractivity contribution is -0.114. The number of hydrogen-bond acceptors (Lipinski definition) is 2. The number of fused-ring (bicyclic) bond motifs is 1. The van der Waals surface area contributed by atoms with Crippen molar-refractivity contribution in [3.63, 3.8) is 0 Å². The summed E-state index contributed by atoms with van der Waals surface area (Å²) < 4.78 is 1.99. The van der Waals surface area contributed by atoms with Gasteiger partial charge in [-0.2, -0.15) is 0 Å². The van der Waals surface area contributed by atoms with Crippen molar-refractivity contribution in [3.05, 3.63) is 108 Å². The highest BCUT2D eigenvalue weighted by Crippen LogP contribution is 2.20. The summed E-state index contributed by atoms with van der Waals surface area (Å²) in [5.74, 6) is -0.128. The lowest BCUT2D eigenvalue weighted by atomic mass is 10.2. The molecule has 5 heteroatoms. The Bertz CT molecular complexity index is 1130. The third kappa shape index (κ3) is 3.82. The molecule has 1 amide bonds. The van der Waals surface area contributed by atoms with Crippen LogP contribution in [0.25, 0.3) is 11.7 Å². The molecule has 4 rings (SSSR count). The fourth-order valence-corrected chi connectivity index (χ4v) is 3.23. The van der Waals surface area contributed by atoms with Crippen molar-refractivity contribution in [2.45, 2.75) is 6.54 Å². The third-order valence-corrected chi connectivity index (χ3v) is 4.80. The lowest BCUT2D eigenvalue weighted by Crippen LogP contribution is -2.29. The smallest absolute Gasteiger partial charge is 0.251 e. The number of aromatic nitrogens is 2. The SMILES string of the molecule is O=C(C=Cc1ccccc1Cl)N(Cc1cnc2ccccn12)c1ccccc1. The molecule has 0 fully saturated rings. The molecule has 2 aromatic carbocycles. The Kier molecular flexibility index (Phi) is 5.22. The number of anilines is 1. The first-order valence-electron chi connectivity index (χ1n) is 8.92. The van der Waals surface area contributed by atoms with Crippen LogP contribution in [-0.2, 0) is 11.3 Å². The van der Waals surface area contributed by atoms with E-state index in [0.29, 0.717) is 11.6 Å². The van der Waals surface area contributed by atoms with E-state index in [0.717, 1.165) is 22.6 Å². The molecule has 0 aliphatic rings. The van der Waals surface area contributed by atoms with Gasteiger partial charge in [-0.25, -0.2) is 4.98 Å². The van der Waals surface area contributed by atoms with Crippen LogP contribution in [0.5, 0.6) is 0 Å². The van der Waals surface area contributed by atoms with Crippen LogP contribution in [-0.4, -0.2) is 15.3 Å². The van der Waals surface area contributed by atoms with Crippen molar-refractivity contribution < 1.29 is 4.79 Å². The molecule has 0 radical (unpaired) electrons. The van der Waals surface area contributed by atoms with Gasteiger partial charge in [-0.15, -0.1) is 0 Å². The highest BCUT2D eigenvalue weighted by Gasteiger charge is 2.16. The molecular formula is C23H18ClN3O. The average molecular weight is 388 g/mol. The van der Waals surface area contributed by atoms with Crippen LogP contribution in [0.1, 0.15) is 11.3 Å². The number of amides is 1. The summed E-state index contributed by atoms with van der Waals surface area (Å²) in [6.45, 7) is 0.404. The molecule has 4 nitrogen and oxygen atoms in total. The highest BCUT2D eigenvalue weighted by molar-refractivity contribution is 6.32. The van der Waals surface area contributed by atoms with Gasteiger partial charge < -0.3 is 9.30 Å². The summed E-state index contributed by atoms with van der Waals surface area (Å²) in [6, 6.07) is 22.9. The maximum absolute atomic E-state index is 13.1. The summed E-state index contributed by atoms with van der Waals surface area (Å²) in [5, 5.41) is 0.611. The summed E-state index contributed by atoms with van der Waals surface area (Å²) >= 11 is 6.20. The molecule has 0 spiro atoms. The largest absolute Gasteiger partial charge is 0.303 e. The van der Waals surface area contributed by atoms with Crippen molar-refractivity contribution in [2.24, 2.45) is 0 Å². The predicted molar refractivity (Wildman–Crippen MR) is 113 cm³/mol. The molecule has 0 aliphatic heterocycles. The van der Waals surface area contributed by atoms with Gasteiger partial charge in [0.25, 0.3) is 5.91 Å². The molecule has 0 saturated heterocycles. The Morgan fingerprint density at radius 1 is 1.00 bits per heavy atom. The summed E-state index contributed by atoms with van der Waals surface area (Å²) in [5.41, 5.74) is 3.41. The van der Waals surface area contributed by atoms with Crippen LogP contribution in [0.4, 0.5) is 5.69 Å². The number of imidazole rings is 1. The van der Waals surface area contributed by atoms with E-state index in [2.05, 4.69) is 4.98 Å². The second kappa shape index (κ2) is 8.11. The van der Waals surface area contributed by atoms with Crippen LogP contribution in [0.3, 0.4) is 0 Å². The van der Waals surface area contributed by atoms with Gasteiger partial charge in [-0.05, 0) is 42.0 Å². The van der Waals surface area contributed by atoms with Crippen LogP contribution in [0, 0.1) is 0 Å². The molecule has 2 aromatic heterocycles. The van der Waals surface area contributed by atoms with E-state index in [9.17, 15) is 4.79 Å². The van der Waals surface area contributed by atoms with E-state index >= 15 is 0 Å². The van der Waals surface area contributed by atoms with Gasteiger partial charge in [-0.3, -0.25) is 4.79 Å². The molecular weight excluding hydrogens is 370 g/mol. The van der Waals surface area contributed by atoms with Crippen LogP contribution in [0.15, 0.2) is 91.3 Å². The van der Waals surface area contributed by atoms with Crippen molar-refractivity contribution in [3.8, 4) is 0 Å². The van der Waals surface area contributed by atoms with Gasteiger partial charge in [0.2, 0.25) is 0 Å². The van der Waals surface area contributed by atoms with Crippen molar-refractivity contribution in [2.75, 3.05) is 4.90 Å². The number of carbonyl (C=O) groups excluding carboxylic acids is 1. The van der Waals surface area contributed by atoms with Crippen molar-refractivity contribution in [1.29, 1.82) is 0 Å². The molecule has 0 saturated carbocycles. The first kappa shape index (κ1) is 18.0. The average Bonchev–Trinajstić information content (AvgIpc) is 3.15. The Morgan fingerprint density at radius 3 is 2.57 bits per heavy atom. The lowest BCUT2D eigenvalue weighted by Gasteiger charge is -2.21. The van der Waals surface area contributed by atoms with E-state index < -0.39 is 0 Å². The number of carbonyl (C=O) groups is 1. The summed E-state index contributed by atoms with van der Waals surface area (Å²) in [7, 11) is 0. The standard InChI is InChI=1S/C23H18ClN3O/c24-21-11-5-4-8-18(21)13-14-23(28)27(19-9-2-1-3-10-19)17-20-16-25-22-12-6-7-15-26(20)22/h1-16H,17H2. The van der Waals surface area contributed by atoms with Crippen LogP contribution in [0.2, 0.25) is 5.02 Å². The first-order chi connectivity index (χ1) is 13.7. The predicted octanol–water partition coefficient (Wildman–Crippen LogP) is 5.23. The minimum Gasteiger partial charge on any atom is -0.303 e. The number of benzene rings is 2. The number of rotatable bonds is 5. The van der Waals surface area contributed by atoms with Crippen molar-refractivity contribution >= 4 is 34.9 Å². The Morgan fingerprint density at radius 2 is 1.75 bits per heavy atom. The zero-order valence-electron chi connectivity index (χ0n) is 15.1. The molecule has 2 heterocycles. The minimum atomic E-state index is -0.128. The number of hydrogen-bond donors (Lipinski definition) is 0. The maximum Gasteiger partial charge on any atom is 0.251 e. The van der Waals surface area contributed by atoms with E-state index in [1.54, 1.807) is 29.3 Å². The highest BCUT2D eigenvalue weighted by atomic mass is 35.5. The van der Waals surface area contributed by atoms with Crippen molar-refractivity contribution in [1.82, 2.24) is 9.38 Å². The molecule has 0 bridgehead atoms. The molecule has 0 atom stereocenters. The molecule has 0 unspecified atom stereocenters. The zero-order valence-corrected chi connectivity index (χ0v) is 15.8. The summed E-state index contributed by atoms with van der Waals surface area (Å²) in [4.78, 5) is 19.2. The van der Waals surface area contributed by atoms with E-state index in [1.807, 2.05) is 77.3 Å². The van der Waals surface area contributed by atoms with Crippen LogP contribution >= 0.6 is 11.6 Å². The van der Waals surface area contributed by atoms with Gasteiger partial charge in [-0.1, -0.05) is 54.1 Å². The minimum absolute atomic E-state index is 0.128. The number of halogens is 1. The van der Waals surface area contributed by atoms with Gasteiger partial charge in [0, 0.05) is 23.0 Å². The Hall–Kier alpha value is -3.37. The number of nitrogens with zero attached hydrogens (tertiary/aromatic N) is 3. The van der Waals surface area contributed by atoms with E-state index in [1.165, 1.54) is 0 Å². The summed E-state index contributed by atoms with van der Waals surface area (Å²) in [6.07, 6.45) is 7.05. The van der Waals surface area contributed by atoms with Gasteiger partial charge >= 0.3 is 0 Å². The Labute approximate surface area is 168 Å². The maximum atomic E-state index is 13.1. The fraction of sp³-hybridized carbons (Fsp3) is 0.0435. The topological polar surface area (TPSA) is 37.6 Å². The van der Waals surface area contributed by atoms with Gasteiger partial charge in [0.15, 0.2) is 0 Å². The number of pyridine rings is 1. The third-order valence-electron chi connectivity index (χ3n) is 4.46. The Balaban J connectivity index is 1.66. The number of para-hydroxylation sites is 1. The molecule has 0 N–H and O–H groups in total. The van der Waals surface area contributed by atoms with E-state index in [-0.39, 0.29) is 5.91 Å². The van der Waals surface area contributed by atoms with Crippen LogP contribution < -0.4 is 4.90 Å². The first-order valence-corrected chi connectivity index (χ1v) is 9.30. The molecule has 138 valence electrons. The second-order valence-electron chi connectivity index (χ2n) is 6.29. The zero-order chi connectivity index (χ0) is 19.3. The quantitative estimate of drug-likeness (QED) is 0.439.